The maximum atomic E-state index is 13.1. The number of hydrogen-bond donors (Lipinski definition) is 3. The van der Waals surface area contributed by atoms with Crippen molar-refractivity contribution >= 4 is 23.9 Å². The average Bonchev–Trinajstić information content (AvgIpc) is 3.42. The fourth-order valence-corrected chi connectivity index (χ4v) is 9.00. The minimum absolute atomic E-state index is 0.0384. The molecule has 0 bridgehead atoms. The number of aliphatic carboxylic acids is 1. The van der Waals surface area contributed by atoms with Crippen molar-refractivity contribution in [3.05, 3.63) is 72.9 Å². The van der Waals surface area contributed by atoms with Gasteiger partial charge in [0.05, 0.1) is 6.61 Å². The Hall–Kier alpha value is -3.84. The summed E-state index contributed by atoms with van der Waals surface area (Å²) < 4.78 is 28.4. The summed E-state index contributed by atoms with van der Waals surface area (Å²) in [5.74, 6) is -3.15. The normalized spacial score (nSPS) is 18.5. The van der Waals surface area contributed by atoms with Crippen molar-refractivity contribution in [2.24, 2.45) is 0 Å². The molecule has 0 spiro atoms. The molecule has 0 aromatic carbocycles. The Bertz CT molecular complexity index is 1620. The summed E-state index contributed by atoms with van der Waals surface area (Å²) in [6, 6.07) is 0. The molecule has 3 N–H and O–H groups in total. The Morgan fingerprint density at radius 2 is 0.818 bits per heavy atom. The largest absolute Gasteiger partial charge is 0.479 e. The minimum Gasteiger partial charge on any atom is -0.479 e. The SMILES string of the molecule is CC/C=C\C/C=C\C/C=C\CCCCCCCC(=O)OC1C(OCC(COC(=O)CCCCCCCCCCC/C=C\C/C=C\CCCCC)OC(=O)CCCCCCC/C=C\CCCCCC)OC(C(=O)O)C(O)C1O. The van der Waals surface area contributed by atoms with Gasteiger partial charge in [-0.25, -0.2) is 4.79 Å². The van der Waals surface area contributed by atoms with E-state index in [1.807, 2.05) is 0 Å². The van der Waals surface area contributed by atoms with Gasteiger partial charge < -0.3 is 39.0 Å². The van der Waals surface area contributed by atoms with Crippen LogP contribution in [-0.4, -0.2) is 89.2 Å². The summed E-state index contributed by atoms with van der Waals surface area (Å²) >= 11 is 0. The first kappa shape index (κ1) is 71.2. The second kappa shape index (κ2) is 52.8. The molecule has 0 aromatic rings. The van der Waals surface area contributed by atoms with Gasteiger partial charge in [-0.05, 0) is 109 Å². The first-order valence-corrected chi connectivity index (χ1v) is 30.9. The zero-order valence-electron chi connectivity index (χ0n) is 48.7. The second-order valence-corrected chi connectivity index (χ2v) is 20.9. The van der Waals surface area contributed by atoms with Crippen LogP contribution in [0.25, 0.3) is 0 Å². The van der Waals surface area contributed by atoms with E-state index < -0.39 is 67.3 Å². The highest BCUT2D eigenvalue weighted by Crippen LogP contribution is 2.26. The van der Waals surface area contributed by atoms with E-state index in [-0.39, 0.29) is 25.9 Å². The zero-order valence-corrected chi connectivity index (χ0v) is 48.7. The monoisotopic (exact) mass is 1080 g/mol. The summed E-state index contributed by atoms with van der Waals surface area (Å²) in [5, 5.41) is 31.5. The molecule has 1 rings (SSSR count). The van der Waals surface area contributed by atoms with Crippen LogP contribution in [0.4, 0.5) is 0 Å². The van der Waals surface area contributed by atoms with Gasteiger partial charge in [0.25, 0.3) is 0 Å². The average molecular weight is 1080 g/mol. The summed E-state index contributed by atoms with van der Waals surface area (Å²) in [6.07, 6.45) is 54.3. The molecule has 442 valence electrons. The highest BCUT2D eigenvalue weighted by Gasteiger charge is 2.50. The number of carbonyl (C=O) groups excluding carboxylic acids is 3. The van der Waals surface area contributed by atoms with Crippen molar-refractivity contribution in [2.75, 3.05) is 13.2 Å². The first-order valence-electron chi connectivity index (χ1n) is 30.9. The van der Waals surface area contributed by atoms with E-state index in [4.69, 9.17) is 23.7 Å². The van der Waals surface area contributed by atoms with Crippen molar-refractivity contribution in [1.29, 1.82) is 0 Å². The topological polar surface area (TPSA) is 175 Å². The predicted octanol–water partition coefficient (Wildman–Crippen LogP) is 16.1. The number of allylic oxidation sites excluding steroid dienone is 12. The van der Waals surface area contributed by atoms with Crippen LogP contribution < -0.4 is 0 Å². The summed E-state index contributed by atoms with van der Waals surface area (Å²) in [4.78, 5) is 51.2. The van der Waals surface area contributed by atoms with Crippen molar-refractivity contribution in [2.45, 2.75) is 302 Å². The number of carboxylic acid groups (broad SMARTS) is 1. The number of aliphatic hydroxyl groups excluding tert-OH is 2. The fraction of sp³-hybridized carbons (Fsp3) is 0.754. The molecular weight excluding hydrogens is 973 g/mol. The lowest BCUT2D eigenvalue weighted by atomic mass is 9.98. The van der Waals surface area contributed by atoms with E-state index in [2.05, 4.69) is 93.7 Å². The Labute approximate surface area is 468 Å². The van der Waals surface area contributed by atoms with Crippen LogP contribution >= 0.6 is 0 Å². The fourth-order valence-electron chi connectivity index (χ4n) is 9.00. The van der Waals surface area contributed by atoms with Crippen LogP contribution in [0.2, 0.25) is 0 Å². The molecular formula is C65H110O12. The number of carboxylic acids is 1. The number of carbonyl (C=O) groups is 4. The Morgan fingerprint density at radius 3 is 1.29 bits per heavy atom. The van der Waals surface area contributed by atoms with Crippen LogP contribution in [0.15, 0.2) is 72.9 Å². The van der Waals surface area contributed by atoms with Crippen molar-refractivity contribution in [1.82, 2.24) is 0 Å². The van der Waals surface area contributed by atoms with Gasteiger partial charge in [0.1, 0.15) is 18.8 Å². The summed E-state index contributed by atoms with van der Waals surface area (Å²) in [6.45, 7) is 5.83. The van der Waals surface area contributed by atoms with E-state index in [1.165, 1.54) is 83.5 Å². The lowest BCUT2D eigenvalue weighted by Crippen LogP contribution is -2.61. The molecule has 1 heterocycles. The summed E-state index contributed by atoms with van der Waals surface area (Å²) in [7, 11) is 0. The number of esters is 3. The lowest BCUT2D eigenvalue weighted by molar-refractivity contribution is -0.301. The Morgan fingerprint density at radius 1 is 0.442 bits per heavy atom. The summed E-state index contributed by atoms with van der Waals surface area (Å²) in [5.41, 5.74) is 0. The molecule has 6 atom stereocenters. The molecule has 0 saturated carbocycles. The van der Waals surface area contributed by atoms with Gasteiger partial charge >= 0.3 is 23.9 Å². The van der Waals surface area contributed by atoms with Crippen LogP contribution in [0, 0.1) is 0 Å². The Kier molecular flexibility index (Phi) is 48.8. The van der Waals surface area contributed by atoms with Gasteiger partial charge in [0, 0.05) is 19.3 Å². The molecule has 6 unspecified atom stereocenters. The molecule has 0 aliphatic carbocycles. The zero-order chi connectivity index (χ0) is 56.1. The standard InChI is InChI=1S/C65H110O12/c1-4-7-10-13-16-19-22-25-27-28-29-30-32-34-36-39-42-45-48-51-57(66)73-54-56(75-58(67)52-49-46-43-40-37-33-24-21-18-15-12-9-6-3)55-74-65-63(61(70)60(69)62(77-65)64(71)72)76-59(68)53-50-47-44-41-38-35-31-26-23-20-17-14-11-8-5-2/h8,11,16-17,19-21,24-27,31,56,60-63,65,69-70H,4-7,9-10,12-15,18,22-23,28-30,32-55H2,1-3H3,(H,71,72)/b11-8-,19-16-,20-17-,24-21-,27-25-,31-26-. The highest BCUT2D eigenvalue weighted by molar-refractivity contribution is 5.74. The van der Waals surface area contributed by atoms with Gasteiger partial charge in [-0.15, -0.1) is 0 Å². The second-order valence-electron chi connectivity index (χ2n) is 20.9. The van der Waals surface area contributed by atoms with Crippen LogP contribution in [0.3, 0.4) is 0 Å². The molecule has 1 saturated heterocycles. The number of unbranched alkanes of at least 4 members (excludes halogenated alkanes) is 26. The molecule has 0 amide bonds. The molecule has 0 aromatic heterocycles. The van der Waals surface area contributed by atoms with Gasteiger partial charge in [0.2, 0.25) is 0 Å². The molecule has 1 aliphatic heterocycles. The molecule has 1 fully saturated rings. The third kappa shape index (κ3) is 42.7. The minimum atomic E-state index is -1.91. The molecule has 12 nitrogen and oxygen atoms in total. The van der Waals surface area contributed by atoms with Gasteiger partial charge in [0.15, 0.2) is 24.6 Å². The number of rotatable bonds is 52. The van der Waals surface area contributed by atoms with E-state index in [9.17, 15) is 34.5 Å². The smallest absolute Gasteiger partial charge is 0.335 e. The van der Waals surface area contributed by atoms with Gasteiger partial charge in [-0.1, -0.05) is 209 Å². The molecule has 0 radical (unpaired) electrons. The van der Waals surface area contributed by atoms with Crippen LogP contribution in [0.5, 0.6) is 0 Å². The number of hydrogen-bond acceptors (Lipinski definition) is 11. The first-order chi connectivity index (χ1) is 37.6. The third-order valence-electron chi connectivity index (χ3n) is 13.7. The van der Waals surface area contributed by atoms with E-state index >= 15 is 0 Å². The maximum absolute atomic E-state index is 13.1. The lowest BCUT2D eigenvalue weighted by Gasteiger charge is -2.40. The number of ether oxygens (including phenoxy) is 5. The highest BCUT2D eigenvalue weighted by atomic mass is 16.7. The van der Waals surface area contributed by atoms with Crippen LogP contribution in [0.1, 0.15) is 265 Å². The van der Waals surface area contributed by atoms with E-state index in [1.54, 1.807) is 0 Å². The van der Waals surface area contributed by atoms with Gasteiger partial charge in [-0.2, -0.15) is 0 Å². The molecule has 77 heavy (non-hydrogen) atoms. The van der Waals surface area contributed by atoms with Crippen LogP contribution in [-0.2, 0) is 42.9 Å². The molecule has 1 aliphatic rings. The van der Waals surface area contributed by atoms with Crippen molar-refractivity contribution < 1.29 is 58.2 Å². The maximum Gasteiger partial charge on any atom is 0.335 e. The third-order valence-corrected chi connectivity index (χ3v) is 13.7. The van der Waals surface area contributed by atoms with Crippen molar-refractivity contribution in [3.8, 4) is 0 Å². The van der Waals surface area contributed by atoms with E-state index in [0.29, 0.717) is 19.3 Å². The molecule has 12 heteroatoms. The van der Waals surface area contributed by atoms with Crippen molar-refractivity contribution in [3.63, 3.8) is 0 Å². The predicted molar refractivity (Wildman–Crippen MR) is 312 cm³/mol. The van der Waals surface area contributed by atoms with Gasteiger partial charge in [-0.3, -0.25) is 14.4 Å². The Balaban J connectivity index is 2.67. The quantitative estimate of drug-likeness (QED) is 0.0228. The van der Waals surface area contributed by atoms with E-state index in [0.717, 1.165) is 122 Å². The number of aliphatic hydroxyl groups is 2.